The molecule has 0 amide bonds. The van der Waals surface area contributed by atoms with E-state index in [0.717, 1.165) is 161 Å². The normalized spacial score (nSPS) is 52.0. The summed E-state index contributed by atoms with van der Waals surface area (Å²) in [6.45, 7) is 10.2. The molecular formula is C75H123BN2O. The first-order chi connectivity index (χ1) is 38.8. The molecular weight excluding hydrogens is 956 g/mol. The summed E-state index contributed by atoms with van der Waals surface area (Å²) in [7, 11) is 0. The van der Waals surface area contributed by atoms with E-state index in [9.17, 15) is 0 Å². The quantitative estimate of drug-likeness (QED) is 0.236. The van der Waals surface area contributed by atoms with Crippen LogP contribution in [-0.2, 0) is 4.74 Å². The van der Waals surface area contributed by atoms with Gasteiger partial charge in [0.25, 0.3) is 0 Å². The minimum Gasteiger partial charge on any atom is -0.376 e. The van der Waals surface area contributed by atoms with Crippen molar-refractivity contribution in [2.75, 3.05) is 6.54 Å². The van der Waals surface area contributed by atoms with Gasteiger partial charge >= 0.3 is 0 Å². The molecule has 0 spiro atoms. The van der Waals surface area contributed by atoms with E-state index in [2.05, 4.69) is 30.6 Å². The molecule has 442 valence electrons. The Morgan fingerprint density at radius 1 is 0.354 bits per heavy atom. The minimum absolute atomic E-state index is 0.498. The molecule has 3 heterocycles. The summed E-state index contributed by atoms with van der Waals surface area (Å²) in [5.74, 6) is 21.0. The largest absolute Gasteiger partial charge is 0.376 e. The van der Waals surface area contributed by atoms with Crippen molar-refractivity contribution in [3.8, 4) is 0 Å². The van der Waals surface area contributed by atoms with Crippen LogP contribution in [0.4, 0.5) is 0 Å². The van der Waals surface area contributed by atoms with Crippen LogP contribution in [0.15, 0.2) is 0 Å². The Balaban J connectivity index is 0.751. The average Bonchev–Trinajstić information content (AvgIpc) is 4.02. The van der Waals surface area contributed by atoms with E-state index in [4.69, 9.17) is 4.74 Å². The lowest BCUT2D eigenvalue weighted by molar-refractivity contribution is -0.141. The predicted molar refractivity (Wildman–Crippen MR) is 329 cm³/mol. The lowest BCUT2D eigenvalue weighted by atomic mass is 9.19. The maximum Gasteiger partial charge on any atom is 0.159 e. The third kappa shape index (κ3) is 9.82. The van der Waals surface area contributed by atoms with E-state index >= 15 is 0 Å². The van der Waals surface area contributed by atoms with Gasteiger partial charge in [-0.05, 0) is 258 Å². The van der Waals surface area contributed by atoms with Gasteiger partial charge < -0.3 is 4.74 Å². The Morgan fingerprint density at radius 3 is 1.44 bits per heavy atom. The zero-order valence-corrected chi connectivity index (χ0v) is 52.0. The fourth-order valence-electron chi connectivity index (χ4n) is 28.8. The smallest absolute Gasteiger partial charge is 0.159 e. The van der Waals surface area contributed by atoms with Crippen LogP contribution in [0.3, 0.4) is 0 Å². The fourth-order valence-corrected chi connectivity index (χ4v) is 28.8. The highest BCUT2D eigenvalue weighted by Gasteiger charge is 2.67. The molecule has 0 aromatic heterocycles. The average molecular weight is 1080 g/mol. The van der Waals surface area contributed by atoms with Gasteiger partial charge in [-0.25, -0.2) is 0 Å². The van der Waals surface area contributed by atoms with Gasteiger partial charge in [0, 0.05) is 36.8 Å². The van der Waals surface area contributed by atoms with Crippen LogP contribution in [0.2, 0.25) is 17.5 Å². The molecule has 0 aromatic rings. The third-order valence-corrected chi connectivity index (χ3v) is 31.6. The Labute approximate surface area is 487 Å². The van der Waals surface area contributed by atoms with Crippen LogP contribution in [0, 0.1) is 112 Å². The number of likely N-dealkylation sites (tertiary alicyclic amines) is 1. The molecule has 3 saturated heterocycles. The number of nitrogens with zero attached hydrogens (tertiary/aromatic N) is 2. The first-order valence-electron chi connectivity index (χ1n) is 38.0. The van der Waals surface area contributed by atoms with Gasteiger partial charge in [0.2, 0.25) is 0 Å². The molecule has 79 heavy (non-hydrogen) atoms. The second-order valence-electron chi connectivity index (χ2n) is 35.5. The van der Waals surface area contributed by atoms with Crippen LogP contribution >= 0.6 is 0 Å². The van der Waals surface area contributed by atoms with Crippen molar-refractivity contribution in [3.05, 3.63) is 0 Å². The lowest BCUT2D eigenvalue weighted by Gasteiger charge is -2.68. The highest BCUT2D eigenvalue weighted by molar-refractivity contribution is 6.65. The van der Waals surface area contributed by atoms with E-state index in [-0.39, 0.29) is 0 Å². The van der Waals surface area contributed by atoms with Gasteiger partial charge in [-0.1, -0.05) is 162 Å². The summed E-state index contributed by atoms with van der Waals surface area (Å²) in [6, 6.07) is 4.37. The van der Waals surface area contributed by atoms with Gasteiger partial charge in [0.05, 0.1) is 12.2 Å². The van der Waals surface area contributed by atoms with Gasteiger partial charge in [-0.3, -0.25) is 9.80 Å². The SMILES string of the molecule is CC(C)(C)C1C[C@H]2CCC3CC([C@H]4CC[C@H]5OC6CC(CN7C8CCCC[C@H]8C8CCCC[C@H]87)CC7C6B(C6CC(C8CCCCC8)CCC6N7C6C(C7CCCCC7)CCCC6C6CCCCC6)C5C4)CC4CC[C@@H](C1)C2C34. The molecule has 3 aliphatic heterocycles. The zero-order chi connectivity index (χ0) is 52.5. The van der Waals surface area contributed by atoms with Crippen molar-refractivity contribution in [1.82, 2.24) is 9.80 Å². The van der Waals surface area contributed by atoms with Gasteiger partial charge in [0.15, 0.2) is 6.71 Å². The topological polar surface area (TPSA) is 15.7 Å². The molecule has 24 atom stereocenters. The van der Waals surface area contributed by atoms with Crippen molar-refractivity contribution in [2.24, 2.45) is 112 Å². The molecule has 16 aliphatic rings. The second-order valence-corrected chi connectivity index (χ2v) is 35.5. The van der Waals surface area contributed by atoms with Crippen LogP contribution < -0.4 is 0 Å². The standard InChI is InChI=1S/C75H123BN2O/c1-75(2,3)58-42-55-32-30-53-40-57(41-54-31-33-56(43-58)72(55)71(53)54)52-35-37-69-64(45-52)76-63-44-51(48-18-7-4-8-19-48)34-36-67(63)78(74-59(49-20-9-5-10-21-49)26-17-27-60(74)50-22-11-6-12-23-50)68-38-47(39-70(79-69)73(68)76)46-77-65-28-15-13-24-61(65)62-25-14-16-29-66(62)77/h47-74H,4-46H2,1-3H3/t47?,51?,52-,53?,54?,55-,56+,57?,58?,59?,60?,61-,62?,63?,64?,65?,66+,67?,68?,69+,70?,71?,72?,73?,74?/m0/s1. The summed E-state index contributed by atoms with van der Waals surface area (Å²) in [5.41, 5.74) is 0.498. The lowest BCUT2D eigenvalue weighted by Crippen LogP contribution is -2.72. The third-order valence-electron chi connectivity index (χ3n) is 31.6. The monoisotopic (exact) mass is 1080 g/mol. The molecule has 16 fully saturated rings. The van der Waals surface area contributed by atoms with E-state index < -0.39 is 0 Å². The van der Waals surface area contributed by atoms with Crippen molar-refractivity contribution in [1.29, 1.82) is 0 Å². The van der Waals surface area contributed by atoms with E-state index in [0.29, 0.717) is 17.6 Å². The van der Waals surface area contributed by atoms with E-state index in [1.807, 2.05) is 0 Å². The molecule has 16 rings (SSSR count). The molecule has 0 radical (unpaired) electrons. The van der Waals surface area contributed by atoms with Gasteiger partial charge in [-0.15, -0.1) is 0 Å². The van der Waals surface area contributed by atoms with Crippen LogP contribution in [0.25, 0.3) is 0 Å². The summed E-state index contributed by atoms with van der Waals surface area (Å²) >= 11 is 0. The van der Waals surface area contributed by atoms with Crippen LogP contribution in [0.5, 0.6) is 0 Å². The molecule has 13 saturated carbocycles. The number of hydrogen-bond acceptors (Lipinski definition) is 3. The highest BCUT2D eigenvalue weighted by Crippen LogP contribution is 2.68. The number of fused-ring (bicyclic) bond motifs is 7. The van der Waals surface area contributed by atoms with Crippen molar-refractivity contribution < 1.29 is 4.74 Å². The summed E-state index contributed by atoms with van der Waals surface area (Å²) in [5, 5.41) is 0. The van der Waals surface area contributed by atoms with Crippen molar-refractivity contribution in [2.45, 2.75) is 350 Å². The minimum atomic E-state index is 0.498. The summed E-state index contributed by atoms with van der Waals surface area (Å²) in [6.07, 6.45) is 66.5. The zero-order valence-electron chi connectivity index (χ0n) is 52.0. The second kappa shape index (κ2) is 22.6. The Hall–Kier alpha value is -0.0551. The molecule has 0 bridgehead atoms. The van der Waals surface area contributed by atoms with Crippen molar-refractivity contribution in [3.63, 3.8) is 0 Å². The first-order valence-corrected chi connectivity index (χ1v) is 38.0. The molecule has 4 heteroatoms. The highest BCUT2D eigenvalue weighted by atomic mass is 16.5. The van der Waals surface area contributed by atoms with Gasteiger partial charge in [-0.2, -0.15) is 0 Å². The van der Waals surface area contributed by atoms with Gasteiger partial charge in [0.1, 0.15) is 0 Å². The molecule has 13 aliphatic carbocycles. The van der Waals surface area contributed by atoms with Crippen LogP contribution in [-0.4, -0.2) is 65.5 Å². The van der Waals surface area contributed by atoms with E-state index in [1.54, 1.807) is 154 Å². The molecule has 0 aromatic carbocycles. The summed E-state index contributed by atoms with van der Waals surface area (Å²) in [4.78, 5) is 7.10. The predicted octanol–water partition coefficient (Wildman–Crippen LogP) is 19.5. The van der Waals surface area contributed by atoms with E-state index in [1.165, 1.54) is 122 Å². The maximum absolute atomic E-state index is 8.30. The number of ether oxygens (including phenoxy) is 1. The number of hydrogen-bond donors (Lipinski definition) is 0. The Morgan fingerprint density at radius 2 is 0.848 bits per heavy atom. The molecule has 18 unspecified atom stereocenters. The molecule has 3 nitrogen and oxygen atoms in total. The van der Waals surface area contributed by atoms with Crippen LogP contribution in [0.1, 0.15) is 290 Å². The Bertz CT molecular complexity index is 1970. The number of rotatable bonds is 7. The first kappa shape index (κ1) is 54.3. The fraction of sp³-hybridized carbons (Fsp3) is 1.00. The maximum atomic E-state index is 8.30. The summed E-state index contributed by atoms with van der Waals surface area (Å²) < 4.78 is 8.30. The molecule has 0 N–H and O–H groups in total. The van der Waals surface area contributed by atoms with Crippen molar-refractivity contribution >= 4 is 6.71 Å². The Kier molecular flexibility index (Phi) is 15.5.